The number of carbonyl (C=O) groups excluding carboxylic acids is 2. The van der Waals surface area contributed by atoms with Crippen LogP contribution >= 0.6 is 11.3 Å². The smallest absolute Gasteiger partial charge is 0.223 e. The summed E-state index contributed by atoms with van der Waals surface area (Å²) in [4.78, 5) is 30.8. The lowest BCUT2D eigenvalue weighted by molar-refractivity contribution is -0.143. The van der Waals surface area contributed by atoms with Crippen molar-refractivity contribution in [3.05, 3.63) is 21.7 Å². The summed E-state index contributed by atoms with van der Waals surface area (Å²) in [6, 6.07) is -0.269. The van der Waals surface area contributed by atoms with E-state index in [1.165, 1.54) is 0 Å². The molecule has 1 amide bonds. The molecule has 2 aliphatic heterocycles. The lowest BCUT2D eigenvalue weighted by Gasteiger charge is -2.34. The van der Waals surface area contributed by atoms with Crippen molar-refractivity contribution in [3.8, 4) is 0 Å². The molecule has 0 radical (unpaired) electrons. The number of ether oxygens (including phenoxy) is 1. The van der Waals surface area contributed by atoms with Crippen molar-refractivity contribution in [2.24, 2.45) is 17.3 Å². The van der Waals surface area contributed by atoms with E-state index in [0.717, 1.165) is 35.5 Å². The van der Waals surface area contributed by atoms with Crippen LogP contribution in [-0.2, 0) is 14.3 Å². The Kier molecular flexibility index (Phi) is 8.62. The second-order valence-electron chi connectivity index (χ2n) is 11.4. The number of carbonyl (C=O) groups is 2. The fraction of sp³-hybridized carbons (Fsp3) is 0.741. The maximum absolute atomic E-state index is 13.2. The van der Waals surface area contributed by atoms with Gasteiger partial charge in [0.15, 0.2) is 0 Å². The Morgan fingerprint density at radius 3 is 2.57 bits per heavy atom. The Balaban J connectivity index is 1.85. The van der Waals surface area contributed by atoms with Crippen molar-refractivity contribution in [1.82, 2.24) is 10.3 Å². The van der Waals surface area contributed by atoms with E-state index < -0.39 is 23.5 Å². The van der Waals surface area contributed by atoms with Gasteiger partial charge < -0.3 is 20.3 Å². The second kappa shape index (κ2) is 10.8. The molecule has 2 saturated heterocycles. The first-order valence-corrected chi connectivity index (χ1v) is 13.6. The third-order valence-electron chi connectivity index (χ3n) is 8.07. The third-order valence-corrected chi connectivity index (χ3v) is 8.86. The highest BCUT2D eigenvalue weighted by Crippen LogP contribution is 2.44. The van der Waals surface area contributed by atoms with Gasteiger partial charge in [-0.3, -0.25) is 9.59 Å². The summed E-state index contributed by atoms with van der Waals surface area (Å²) in [6.07, 6.45) is 2.99. The molecular formula is C27H42N2O5S. The molecule has 0 aliphatic carbocycles. The van der Waals surface area contributed by atoms with Gasteiger partial charge in [0.1, 0.15) is 5.78 Å². The van der Waals surface area contributed by atoms with Crippen molar-refractivity contribution >= 4 is 29.1 Å². The van der Waals surface area contributed by atoms with Gasteiger partial charge in [0.25, 0.3) is 0 Å². The summed E-state index contributed by atoms with van der Waals surface area (Å²) in [7, 11) is 0. The number of aliphatic hydroxyl groups is 2. The molecule has 196 valence electrons. The van der Waals surface area contributed by atoms with E-state index in [4.69, 9.17) is 4.74 Å². The minimum Gasteiger partial charge on any atom is -0.392 e. The highest BCUT2D eigenvalue weighted by atomic mass is 32.1. The molecule has 0 unspecified atom stereocenters. The molecule has 0 aromatic carbocycles. The summed E-state index contributed by atoms with van der Waals surface area (Å²) < 4.78 is 6.10. The molecule has 0 bridgehead atoms. The van der Waals surface area contributed by atoms with Crippen LogP contribution in [0.5, 0.6) is 0 Å². The molecule has 3 heterocycles. The van der Waals surface area contributed by atoms with Gasteiger partial charge in [-0.15, -0.1) is 11.3 Å². The number of amides is 1. The van der Waals surface area contributed by atoms with Crippen LogP contribution in [0.2, 0.25) is 0 Å². The predicted octanol–water partition coefficient (Wildman–Crippen LogP) is 4.05. The molecular weight excluding hydrogens is 464 g/mol. The van der Waals surface area contributed by atoms with Crippen LogP contribution in [0.15, 0.2) is 11.0 Å². The highest BCUT2D eigenvalue weighted by molar-refractivity contribution is 7.09. The van der Waals surface area contributed by atoms with E-state index >= 15 is 0 Å². The highest BCUT2D eigenvalue weighted by Gasteiger charge is 2.52. The molecule has 2 fully saturated rings. The third kappa shape index (κ3) is 6.59. The van der Waals surface area contributed by atoms with Crippen LogP contribution in [-0.4, -0.2) is 56.8 Å². The van der Waals surface area contributed by atoms with Gasteiger partial charge in [0, 0.05) is 17.7 Å². The van der Waals surface area contributed by atoms with E-state index in [-0.39, 0.29) is 41.8 Å². The minimum atomic E-state index is -1.17. The van der Waals surface area contributed by atoms with Gasteiger partial charge in [-0.1, -0.05) is 34.1 Å². The Bertz CT molecular complexity index is 957. The summed E-state index contributed by atoms with van der Waals surface area (Å²) in [6.45, 7) is 13.0. The van der Waals surface area contributed by atoms with Crippen molar-refractivity contribution < 1.29 is 24.5 Å². The summed E-state index contributed by atoms with van der Waals surface area (Å²) in [5, 5.41) is 27.8. The van der Waals surface area contributed by atoms with Crippen molar-refractivity contribution in [3.63, 3.8) is 0 Å². The lowest BCUT2D eigenvalue weighted by atomic mass is 9.72. The van der Waals surface area contributed by atoms with E-state index in [1.54, 1.807) is 32.1 Å². The number of aliphatic hydroxyl groups excluding tert-OH is 2. The zero-order valence-electron chi connectivity index (χ0n) is 22.1. The average molecular weight is 507 g/mol. The fourth-order valence-corrected chi connectivity index (χ4v) is 5.76. The van der Waals surface area contributed by atoms with Gasteiger partial charge in [0.2, 0.25) is 5.91 Å². The lowest BCUT2D eigenvalue weighted by Crippen LogP contribution is -2.47. The normalized spacial score (nSPS) is 37.5. The Morgan fingerprint density at radius 2 is 1.94 bits per heavy atom. The van der Waals surface area contributed by atoms with Crippen molar-refractivity contribution in [1.29, 1.82) is 0 Å². The number of ketones is 1. The first-order chi connectivity index (χ1) is 16.2. The van der Waals surface area contributed by atoms with Crippen LogP contribution in [0.4, 0.5) is 0 Å². The van der Waals surface area contributed by atoms with Crippen LogP contribution in [0.25, 0.3) is 6.08 Å². The molecule has 3 rings (SSSR count). The Morgan fingerprint density at radius 1 is 1.26 bits per heavy atom. The van der Waals surface area contributed by atoms with Crippen LogP contribution < -0.4 is 5.32 Å². The van der Waals surface area contributed by atoms with Crippen molar-refractivity contribution in [2.45, 2.75) is 111 Å². The monoisotopic (exact) mass is 506 g/mol. The fourth-order valence-electron chi connectivity index (χ4n) is 5.19. The summed E-state index contributed by atoms with van der Waals surface area (Å²) >= 11 is 1.58. The molecule has 8 heteroatoms. The average Bonchev–Trinajstić information content (AvgIpc) is 3.22. The topological polar surface area (TPSA) is 112 Å². The Labute approximate surface area is 213 Å². The number of hydrogen-bond acceptors (Lipinski definition) is 7. The number of fused-ring (bicyclic) bond motifs is 1. The quantitative estimate of drug-likeness (QED) is 0.522. The standard InChI is InChI=1S/C27H42N2O5S/c1-15-9-8-10-27(7)22(34-27)12-20(16(2)11-19-14-35-18(4)28-19)29-23(31)13-21(30)26(5,6)25(33)17(3)24(15)32/h11,14-15,17,20-22,24,30,32H,8-10,12-13H2,1-7H3,(H,29,31)/b16-11+/t15-,17+,20-,21-,22+,24-,27+/m1/s1. The molecule has 3 N–H and O–H groups in total. The first kappa shape index (κ1) is 28.0. The minimum absolute atomic E-state index is 0.0170. The molecule has 1 aromatic heterocycles. The van der Waals surface area contributed by atoms with E-state index in [1.807, 2.05) is 32.2 Å². The molecule has 1 aromatic rings. The number of hydrogen-bond donors (Lipinski definition) is 3. The first-order valence-electron chi connectivity index (χ1n) is 12.7. The number of nitrogens with one attached hydrogen (secondary N) is 1. The molecule has 35 heavy (non-hydrogen) atoms. The van der Waals surface area contributed by atoms with Gasteiger partial charge in [-0.05, 0) is 51.2 Å². The largest absolute Gasteiger partial charge is 0.392 e. The van der Waals surface area contributed by atoms with E-state index in [0.29, 0.717) is 6.42 Å². The van der Waals surface area contributed by atoms with Gasteiger partial charge >= 0.3 is 0 Å². The predicted molar refractivity (Wildman–Crippen MR) is 138 cm³/mol. The number of epoxide rings is 1. The van der Waals surface area contributed by atoms with Crippen LogP contribution in [0.3, 0.4) is 0 Å². The number of nitrogens with zero attached hydrogens (tertiary/aromatic N) is 1. The number of aromatic nitrogens is 1. The summed E-state index contributed by atoms with van der Waals surface area (Å²) in [5.74, 6) is -1.24. The summed E-state index contributed by atoms with van der Waals surface area (Å²) in [5.41, 5.74) is 0.410. The number of thiazole rings is 1. The number of rotatable bonds is 2. The SMILES string of the molecule is C/C(=C\c1csc(C)n1)[C@H]1C[C@@H]2O[C@@]2(C)CCC[C@@H](C)[C@@H](O)[C@H](C)C(=O)C(C)(C)[C@H](O)CC(=O)N1. The molecule has 0 spiro atoms. The maximum atomic E-state index is 13.2. The van der Waals surface area contributed by atoms with Gasteiger partial charge in [-0.2, -0.15) is 0 Å². The van der Waals surface area contributed by atoms with Gasteiger partial charge in [0.05, 0.1) is 52.5 Å². The molecule has 7 nitrogen and oxygen atoms in total. The number of Topliss-reactive ketones (excluding diaryl/α,β-unsaturated/α-hetero) is 1. The Hall–Kier alpha value is -1.61. The van der Waals surface area contributed by atoms with E-state index in [2.05, 4.69) is 17.2 Å². The second-order valence-corrected chi connectivity index (χ2v) is 12.5. The van der Waals surface area contributed by atoms with Gasteiger partial charge in [-0.25, -0.2) is 4.98 Å². The van der Waals surface area contributed by atoms with Crippen LogP contribution in [0.1, 0.15) is 84.3 Å². The molecule has 0 saturated carbocycles. The van der Waals surface area contributed by atoms with E-state index in [9.17, 15) is 19.8 Å². The maximum Gasteiger partial charge on any atom is 0.223 e. The zero-order chi connectivity index (χ0) is 26.1. The zero-order valence-corrected chi connectivity index (χ0v) is 22.9. The molecule has 7 atom stereocenters. The van der Waals surface area contributed by atoms with Crippen molar-refractivity contribution in [2.75, 3.05) is 0 Å². The number of aryl methyl sites for hydroxylation is 1. The molecule has 2 aliphatic rings. The van der Waals surface area contributed by atoms with Crippen LogP contribution in [0, 0.1) is 24.2 Å².